The fraction of sp³-hybridized carbons (Fsp3) is 0.375. The van der Waals surface area contributed by atoms with Gasteiger partial charge in [0.15, 0.2) is 0 Å². The zero-order valence-corrected chi connectivity index (χ0v) is 12.6. The molecule has 2 aromatic rings. The van der Waals surface area contributed by atoms with Crippen molar-refractivity contribution in [1.29, 1.82) is 0 Å². The molecule has 1 aromatic carbocycles. The maximum Gasteiger partial charge on any atom is 0.272 e. The van der Waals surface area contributed by atoms with Gasteiger partial charge in [-0.25, -0.2) is 9.37 Å². The minimum atomic E-state index is -0.350. The number of hydrogen-bond acceptors (Lipinski definition) is 4. The lowest BCUT2D eigenvalue weighted by atomic mass is 10.1. The van der Waals surface area contributed by atoms with Gasteiger partial charge in [-0.2, -0.15) is 0 Å². The predicted octanol–water partition coefficient (Wildman–Crippen LogP) is 2.16. The molecule has 6 heteroatoms. The number of aromatic nitrogens is 1. The molecule has 0 saturated carbocycles. The van der Waals surface area contributed by atoms with Gasteiger partial charge in [-0.15, -0.1) is 0 Å². The molecule has 0 N–H and O–H groups in total. The normalized spacial score (nSPS) is 15.1. The van der Waals surface area contributed by atoms with Gasteiger partial charge in [-0.3, -0.25) is 4.79 Å². The fourth-order valence-corrected chi connectivity index (χ4v) is 2.63. The second kappa shape index (κ2) is 5.88. The van der Waals surface area contributed by atoms with Crippen LogP contribution in [0.4, 0.5) is 4.39 Å². The summed E-state index contributed by atoms with van der Waals surface area (Å²) in [5.41, 5.74) is 1.56. The van der Waals surface area contributed by atoms with Crippen molar-refractivity contribution < 1.29 is 18.7 Å². The number of halogens is 1. The number of hydrogen-bond donors (Lipinski definition) is 0. The molecule has 22 heavy (non-hydrogen) atoms. The number of benzene rings is 1. The highest BCUT2D eigenvalue weighted by atomic mass is 19.1. The zero-order chi connectivity index (χ0) is 15.7. The molecule has 2 heterocycles. The van der Waals surface area contributed by atoms with Gasteiger partial charge in [-0.1, -0.05) is 0 Å². The highest BCUT2D eigenvalue weighted by Crippen LogP contribution is 2.29. The molecule has 1 amide bonds. The maximum atomic E-state index is 13.6. The largest absolute Gasteiger partial charge is 0.496 e. The second-order valence-corrected chi connectivity index (χ2v) is 5.23. The highest BCUT2D eigenvalue weighted by Gasteiger charge is 2.22. The summed E-state index contributed by atoms with van der Waals surface area (Å²) in [4.78, 5) is 18.7. The molecule has 0 unspecified atom stereocenters. The average molecular weight is 304 g/mol. The fourth-order valence-electron chi connectivity index (χ4n) is 2.63. The van der Waals surface area contributed by atoms with Crippen molar-refractivity contribution in [3.05, 3.63) is 35.3 Å². The van der Waals surface area contributed by atoms with E-state index < -0.39 is 0 Å². The molecule has 1 aromatic heterocycles. The lowest BCUT2D eigenvalue weighted by Gasteiger charge is -2.26. The third kappa shape index (κ3) is 2.62. The number of aryl methyl sites for hydroxylation is 1. The Morgan fingerprint density at radius 1 is 1.32 bits per heavy atom. The Kier molecular flexibility index (Phi) is 3.94. The molecule has 1 saturated heterocycles. The first-order valence-corrected chi connectivity index (χ1v) is 7.12. The number of rotatable bonds is 2. The van der Waals surface area contributed by atoms with Crippen molar-refractivity contribution in [2.24, 2.45) is 0 Å². The number of amides is 1. The van der Waals surface area contributed by atoms with Crippen molar-refractivity contribution in [3.8, 4) is 5.75 Å². The molecule has 0 radical (unpaired) electrons. The SMILES string of the molecule is COc1cc(C(=O)N2CCOCC2)nc2c(C)cc(F)cc12. The standard InChI is InChI=1S/C16H17FN2O3/c1-10-7-11(17)8-12-14(21-2)9-13(18-15(10)12)16(20)19-3-5-22-6-4-19/h7-9H,3-6H2,1-2H3. The van der Waals surface area contributed by atoms with E-state index in [2.05, 4.69) is 4.98 Å². The van der Waals surface area contributed by atoms with Gasteiger partial charge < -0.3 is 14.4 Å². The number of fused-ring (bicyclic) bond motifs is 1. The molecule has 1 fully saturated rings. The monoisotopic (exact) mass is 304 g/mol. The first-order chi connectivity index (χ1) is 10.6. The maximum absolute atomic E-state index is 13.6. The third-order valence-corrected chi connectivity index (χ3v) is 3.77. The molecule has 0 spiro atoms. The van der Waals surface area contributed by atoms with E-state index in [0.717, 1.165) is 0 Å². The number of nitrogens with zero attached hydrogens (tertiary/aromatic N) is 2. The topological polar surface area (TPSA) is 51.7 Å². The lowest BCUT2D eigenvalue weighted by molar-refractivity contribution is 0.0299. The third-order valence-electron chi connectivity index (χ3n) is 3.77. The Morgan fingerprint density at radius 2 is 2.05 bits per heavy atom. The van der Waals surface area contributed by atoms with Crippen LogP contribution >= 0.6 is 0 Å². The van der Waals surface area contributed by atoms with Crippen LogP contribution in [-0.2, 0) is 4.74 Å². The summed E-state index contributed by atoms with van der Waals surface area (Å²) in [5, 5.41) is 0.568. The number of ether oxygens (including phenoxy) is 2. The number of morpholine rings is 1. The summed E-state index contributed by atoms with van der Waals surface area (Å²) in [6.45, 7) is 3.91. The van der Waals surface area contributed by atoms with Crippen LogP contribution in [0.15, 0.2) is 18.2 Å². The Labute approximate surface area is 127 Å². The Bertz CT molecular complexity index is 727. The molecule has 116 valence electrons. The van der Waals surface area contributed by atoms with Crippen molar-refractivity contribution in [2.75, 3.05) is 33.4 Å². The van der Waals surface area contributed by atoms with Crippen LogP contribution < -0.4 is 4.74 Å². The number of pyridine rings is 1. The summed E-state index contributed by atoms with van der Waals surface area (Å²) in [7, 11) is 1.50. The van der Waals surface area contributed by atoms with Crippen molar-refractivity contribution >= 4 is 16.8 Å². The first kappa shape index (κ1) is 14.7. The van der Waals surface area contributed by atoms with Crippen LogP contribution in [0.1, 0.15) is 16.1 Å². The molecule has 3 rings (SSSR count). The van der Waals surface area contributed by atoms with Crippen molar-refractivity contribution in [2.45, 2.75) is 6.92 Å². The van der Waals surface area contributed by atoms with Crippen LogP contribution in [0.3, 0.4) is 0 Å². The van der Waals surface area contributed by atoms with E-state index in [9.17, 15) is 9.18 Å². The van der Waals surface area contributed by atoms with E-state index in [1.54, 1.807) is 17.9 Å². The van der Waals surface area contributed by atoms with Crippen LogP contribution in [0.5, 0.6) is 5.75 Å². The van der Waals surface area contributed by atoms with Gasteiger partial charge in [0.1, 0.15) is 17.3 Å². The van der Waals surface area contributed by atoms with E-state index in [1.807, 2.05) is 0 Å². The molecule has 5 nitrogen and oxygen atoms in total. The number of carbonyl (C=O) groups excluding carboxylic acids is 1. The van der Waals surface area contributed by atoms with Crippen LogP contribution in [0.25, 0.3) is 10.9 Å². The van der Waals surface area contributed by atoms with Gasteiger partial charge in [0.2, 0.25) is 0 Å². The summed E-state index contributed by atoms with van der Waals surface area (Å²) in [5.74, 6) is -0.0613. The van der Waals surface area contributed by atoms with Gasteiger partial charge in [0.05, 0.1) is 25.8 Å². The molecule has 1 aliphatic heterocycles. The molecule has 1 aliphatic rings. The van der Waals surface area contributed by atoms with Gasteiger partial charge in [0.25, 0.3) is 5.91 Å². The van der Waals surface area contributed by atoms with Gasteiger partial charge in [0, 0.05) is 24.5 Å². The molecule has 0 atom stereocenters. The van der Waals surface area contributed by atoms with E-state index in [4.69, 9.17) is 9.47 Å². The van der Waals surface area contributed by atoms with E-state index in [1.165, 1.54) is 19.2 Å². The summed E-state index contributed by atoms with van der Waals surface area (Å²) in [6.07, 6.45) is 0. The predicted molar refractivity (Wildman–Crippen MR) is 79.7 cm³/mol. The minimum absolute atomic E-state index is 0.160. The van der Waals surface area contributed by atoms with Crippen LogP contribution in [0, 0.1) is 12.7 Å². The van der Waals surface area contributed by atoms with E-state index >= 15 is 0 Å². The Morgan fingerprint density at radius 3 is 2.73 bits per heavy atom. The van der Waals surface area contributed by atoms with E-state index in [0.29, 0.717) is 54.2 Å². The van der Waals surface area contributed by atoms with E-state index in [-0.39, 0.29) is 11.7 Å². The number of methoxy groups -OCH3 is 1. The summed E-state index contributed by atoms with van der Waals surface area (Å²) >= 11 is 0. The molecular weight excluding hydrogens is 287 g/mol. The van der Waals surface area contributed by atoms with Crippen molar-refractivity contribution in [3.63, 3.8) is 0 Å². The van der Waals surface area contributed by atoms with Gasteiger partial charge >= 0.3 is 0 Å². The molecule has 0 bridgehead atoms. The van der Waals surface area contributed by atoms with Crippen LogP contribution in [0.2, 0.25) is 0 Å². The molecular formula is C16H17FN2O3. The smallest absolute Gasteiger partial charge is 0.272 e. The summed E-state index contributed by atoms with van der Waals surface area (Å²) in [6, 6.07) is 4.34. The quantitative estimate of drug-likeness (QED) is 0.853. The molecule has 0 aliphatic carbocycles. The summed E-state index contributed by atoms with van der Waals surface area (Å²) < 4.78 is 24.2. The highest BCUT2D eigenvalue weighted by molar-refractivity contribution is 5.97. The first-order valence-electron chi connectivity index (χ1n) is 7.12. The average Bonchev–Trinajstić information content (AvgIpc) is 2.54. The Hall–Kier alpha value is -2.21. The van der Waals surface area contributed by atoms with Crippen molar-refractivity contribution in [1.82, 2.24) is 9.88 Å². The zero-order valence-electron chi connectivity index (χ0n) is 12.6. The van der Waals surface area contributed by atoms with Crippen LogP contribution in [-0.4, -0.2) is 49.2 Å². The Balaban J connectivity index is 2.09. The second-order valence-electron chi connectivity index (χ2n) is 5.23. The number of carbonyl (C=O) groups is 1. The minimum Gasteiger partial charge on any atom is -0.496 e. The van der Waals surface area contributed by atoms with Gasteiger partial charge in [-0.05, 0) is 24.6 Å². The lowest BCUT2D eigenvalue weighted by Crippen LogP contribution is -2.41.